The van der Waals surface area contributed by atoms with E-state index >= 15 is 0 Å². The summed E-state index contributed by atoms with van der Waals surface area (Å²) in [4.78, 5) is 26.6. The summed E-state index contributed by atoms with van der Waals surface area (Å²) >= 11 is 3.25. The van der Waals surface area contributed by atoms with Gasteiger partial charge in [-0.2, -0.15) is 0 Å². The molecular weight excluding hydrogens is 288 g/mol. The van der Waals surface area contributed by atoms with Crippen LogP contribution in [-0.2, 0) is 14.3 Å². The van der Waals surface area contributed by atoms with Crippen molar-refractivity contribution in [2.75, 3.05) is 46.7 Å². The van der Waals surface area contributed by atoms with E-state index < -0.39 is 5.92 Å². The molecule has 17 heavy (non-hydrogen) atoms. The first-order valence-electron chi connectivity index (χ1n) is 5.47. The number of amides is 2. The van der Waals surface area contributed by atoms with Crippen LogP contribution in [-0.4, -0.2) is 68.3 Å². The SMILES string of the molecule is CN(C)C(=O)C(CCOCCBr)C(=O)N(C)C. The van der Waals surface area contributed by atoms with E-state index in [1.165, 1.54) is 9.80 Å². The summed E-state index contributed by atoms with van der Waals surface area (Å²) in [5.74, 6) is -0.993. The Morgan fingerprint density at radius 2 is 1.53 bits per heavy atom. The average molecular weight is 309 g/mol. The van der Waals surface area contributed by atoms with Crippen molar-refractivity contribution in [1.29, 1.82) is 0 Å². The number of rotatable bonds is 7. The van der Waals surface area contributed by atoms with E-state index in [1.54, 1.807) is 28.2 Å². The highest BCUT2D eigenvalue weighted by Crippen LogP contribution is 2.10. The molecule has 0 aromatic carbocycles. The fourth-order valence-corrected chi connectivity index (χ4v) is 1.56. The van der Waals surface area contributed by atoms with E-state index in [1.807, 2.05) is 0 Å². The second-order valence-corrected chi connectivity index (χ2v) is 4.90. The van der Waals surface area contributed by atoms with Gasteiger partial charge in [-0.25, -0.2) is 0 Å². The van der Waals surface area contributed by atoms with Crippen molar-refractivity contribution in [2.24, 2.45) is 5.92 Å². The van der Waals surface area contributed by atoms with Crippen molar-refractivity contribution in [3.8, 4) is 0 Å². The second kappa shape index (κ2) is 8.47. The number of carbonyl (C=O) groups excluding carboxylic acids is 2. The molecule has 0 aliphatic heterocycles. The summed E-state index contributed by atoms with van der Waals surface area (Å²) in [5, 5.41) is 0.751. The number of nitrogens with zero attached hydrogens (tertiary/aromatic N) is 2. The Bertz CT molecular complexity index is 237. The van der Waals surface area contributed by atoms with Crippen LogP contribution in [0.15, 0.2) is 0 Å². The van der Waals surface area contributed by atoms with Crippen LogP contribution in [0.3, 0.4) is 0 Å². The highest BCUT2D eigenvalue weighted by Gasteiger charge is 2.28. The third-order valence-electron chi connectivity index (χ3n) is 2.25. The van der Waals surface area contributed by atoms with Gasteiger partial charge in [0.05, 0.1) is 6.61 Å². The minimum absolute atomic E-state index is 0.175. The molecule has 0 fully saturated rings. The topological polar surface area (TPSA) is 49.9 Å². The maximum Gasteiger partial charge on any atom is 0.234 e. The normalized spacial score (nSPS) is 10.5. The summed E-state index contributed by atoms with van der Waals surface area (Å²) in [6, 6.07) is 0. The Hall–Kier alpha value is -0.620. The average Bonchev–Trinajstić information content (AvgIpc) is 2.27. The molecule has 5 nitrogen and oxygen atoms in total. The Balaban J connectivity index is 4.41. The molecule has 0 aromatic heterocycles. The first-order chi connectivity index (χ1) is 7.91. The number of ether oxygens (including phenoxy) is 1. The Morgan fingerprint density at radius 3 is 1.88 bits per heavy atom. The lowest BCUT2D eigenvalue weighted by molar-refractivity contribution is -0.145. The van der Waals surface area contributed by atoms with E-state index in [0.29, 0.717) is 19.6 Å². The molecule has 0 spiro atoms. The lowest BCUT2D eigenvalue weighted by Gasteiger charge is -2.22. The van der Waals surface area contributed by atoms with E-state index in [4.69, 9.17) is 4.74 Å². The van der Waals surface area contributed by atoms with Gasteiger partial charge >= 0.3 is 0 Å². The van der Waals surface area contributed by atoms with Gasteiger partial charge in [0, 0.05) is 40.1 Å². The van der Waals surface area contributed by atoms with Crippen molar-refractivity contribution >= 4 is 27.7 Å². The quantitative estimate of drug-likeness (QED) is 0.393. The highest BCUT2D eigenvalue weighted by atomic mass is 79.9. The second-order valence-electron chi connectivity index (χ2n) is 4.11. The minimum Gasteiger partial charge on any atom is -0.381 e. The number of hydrogen-bond donors (Lipinski definition) is 0. The molecule has 0 aromatic rings. The lowest BCUT2D eigenvalue weighted by atomic mass is 10.0. The number of alkyl halides is 1. The molecule has 0 saturated carbocycles. The predicted molar refractivity (Wildman–Crippen MR) is 70.1 cm³/mol. The zero-order chi connectivity index (χ0) is 13.4. The van der Waals surface area contributed by atoms with Crippen LogP contribution < -0.4 is 0 Å². The van der Waals surface area contributed by atoms with E-state index in [-0.39, 0.29) is 11.8 Å². The third kappa shape index (κ3) is 6.02. The van der Waals surface area contributed by atoms with E-state index in [2.05, 4.69) is 15.9 Å². The molecule has 0 rings (SSSR count). The van der Waals surface area contributed by atoms with Crippen LogP contribution in [0.5, 0.6) is 0 Å². The summed E-state index contributed by atoms with van der Waals surface area (Å²) in [6.45, 7) is 0.995. The molecule has 0 atom stereocenters. The van der Waals surface area contributed by atoms with Gasteiger partial charge in [0.1, 0.15) is 5.92 Å². The van der Waals surface area contributed by atoms with Gasteiger partial charge in [-0.1, -0.05) is 15.9 Å². The van der Waals surface area contributed by atoms with Crippen molar-refractivity contribution < 1.29 is 14.3 Å². The molecule has 0 heterocycles. The number of hydrogen-bond acceptors (Lipinski definition) is 3. The first-order valence-corrected chi connectivity index (χ1v) is 6.60. The Labute approximate surface area is 111 Å². The van der Waals surface area contributed by atoms with Gasteiger partial charge in [-0.05, 0) is 6.42 Å². The molecule has 0 bridgehead atoms. The molecule has 0 N–H and O–H groups in total. The fraction of sp³-hybridized carbons (Fsp3) is 0.818. The molecule has 6 heteroatoms. The van der Waals surface area contributed by atoms with Crippen molar-refractivity contribution in [1.82, 2.24) is 9.80 Å². The third-order valence-corrected chi connectivity index (χ3v) is 2.57. The fourth-order valence-electron chi connectivity index (χ4n) is 1.33. The summed E-state index contributed by atoms with van der Waals surface area (Å²) in [5.41, 5.74) is 0. The monoisotopic (exact) mass is 308 g/mol. The van der Waals surface area contributed by atoms with Gasteiger partial charge in [0.15, 0.2) is 0 Å². The van der Waals surface area contributed by atoms with Crippen LogP contribution >= 0.6 is 15.9 Å². The maximum atomic E-state index is 11.9. The molecule has 100 valence electrons. The molecule has 2 amide bonds. The zero-order valence-electron chi connectivity index (χ0n) is 10.9. The minimum atomic E-state index is -0.643. The summed E-state index contributed by atoms with van der Waals surface area (Å²) in [6.07, 6.45) is 0.418. The largest absolute Gasteiger partial charge is 0.381 e. The van der Waals surface area contributed by atoms with Crippen molar-refractivity contribution in [3.05, 3.63) is 0 Å². The predicted octanol–water partition coefficient (Wildman–Crippen LogP) is 0.581. The first kappa shape index (κ1) is 16.4. The van der Waals surface area contributed by atoms with Crippen LogP contribution in [0.1, 0.15) is 6.42 Å². The van der Waals surface area contributed by atoms with Gasteiger partial charge in [-0.3, -0.25) is 9.59 Å². The number of halogens is 1. The number of carbonyl (C=O) groups is 2. The maximum absolute atomic E-state index is 11.9. The van der Waals surface area contributed by atoms with Crippen LogP contribution in [0, 0.1) is 5.92 Å². The zero-order valence-corrected chi connectivity index (χ0v) is 12.5. The Kier molecular flexibility index (Phi) is 8.16. The van der Waals surface area contributed by atoms with Gasteiger partial charge < -0.3 is 14.5 Å². The van der Waals surface area contributed by atoms with Crippen molar-refractivity contribution in [2.45, 2.75) is 6.42 Å². The van der Waals surface area contributed by atoms with E-state index in [9.17, 15) is 9.59 Å². The van der Waals surface area contributed by atoms with Crippen LogP contribution in [0.4, 0.5) is 0 Å². The molecule has 0 aliphatic rings. The van der Waals surface area contributed by atoms with Crippen LogP contribution in [0.2, 0.25) is 0 Å². The summed E-state index contributed by atoms with van der Waals surface area (Å²) in [7, 11) is 6.60. The highest BCUT2D eigenvalue weighted by molar-refractivity contribution is 9.09. The summed E-state index contributed by atoms with van der Waals surface area (Å²) < 4.78 is 5.28. The van der Waals surface area contributed by atoms with Gasteiger partial charge in [0.2, 0.25) is 11.8 Å². The van der Waals surface area contributed by atoms with Crippen molar-refractivity contribution in [3.63, 3.8) is 0 Å². The van der Waals surface area contributed by atoms with Crippen LogP contribution in [0.25, 0.3) is 0 Å². The van der Waals surface area contributed by atoms with E-state index in [0.717, 1.165) is 5.33 Å². The van der Waals surface area contributed by atoms with Gasteiger partial charge in [-0.15, -0.1) is 0 Å². The molecule has 0 unspecified atom stereocenters. The Morgan fingerprint density at radius 1 is 1.06 bits per heavy atom. The molecule has 0 radical (unpaired) electrons. The lowest BCUT2D eigenvalue weighted by Crippen LogP contribution is -2.40. The molecular formula is C11H21BrN2O3. The smallest absolute Gasteiger partial charge is 0.234 e. The molecule has 0 aliphatic carbocycles. The standard InChI is InChI=1S/C11H21BrN2O3/c1-13(2)10(15)9(11(16)14(3)4)5-7-17-8-6-12/h9H,5-8H2,1-4H3. The van der Waals surface area contributed by atoms with Gasteiger partial charge in [0.25, 0.3) is 0 Å². The molecule has 0 saturated heterocycles.